The average Bonchev–Trinajstić information content (AvgIpc) is 3.15. The summed E-state index contributed by atoms with van der Waals surface area (Å²) in [4.78, 5) is 25.2. The van der Waals surface area contributed by atoms with Crippen LogP contribution in [0.15, 0.2) is 48.1 Å². The van der Waals surface area contributed by atoms with Gasteiger partial charge >= 0.3 is 0 Å². The Kier molecular flexibility index (Phi) is 5.17. The number of halogens is 1. The highest BCUT2D eigenvalue weighted by molar-refractivity contribution is 7.09. The van der Waals surface area contributed by atoms with Crippen LogP contribution in [0.4, 0.5) is 0 Å². The van der Waals surface area contributed by atoms with Gasteiger partial charge in [0.05, 0.1) is 16.2 Å². The third-order valence-electron chi connectivity index (χ3n) is 3.43. The topological polar surface area (TPSA) is 67.8 Å². The molecule has 0 aliphatic rings. The van der Waals surface area contributed by atoms with E-state index in [1.54, 1.807) is 17.5 Å². The Labute approximate surface area is 148 Å². The molecule has 0 radical (unpaired) electrons. The highest BCUT2D eigenvalue weighted by atomic mass is 35.5. The van der Waals surface area contributed by atoms with Crippen molar-refractivity contribution in [3.05, 3.63) is 63.8 Å². The van der Waals surface area contributed by atoms with E-state index in [0.717, 1.165) is 10.6 Å². The summed E-state index contributed by atoms with van der Waals surface area (Å²) in [6, 6.07) is 9.46. The van der Waals surface area contributed by atoms with Crippen LogP contribution in [0.5, 0.6) is 0 Å². The summed E-state index contributed by atoms with van der Waals surface area (Å²) in [5.41, 5.74) is 1.01. The zero-order chi connectivity index (χ0) is 16.9. The van der Waals surface area contributed by atoms with Crippen molar-refractivity contribution in [1.29, 1.82) is 0 Å². The van der Waals surface area contributed by atoms with Gasteiger partial charge in [0.15, 0.2) is 11.5 Å². The SMILES string of the molecule is CC(CNC(=O)c1nc(-c2ccccc2)ncc1Cl)c1nccs1. The molecule has 2 aromatic heterocycles. The lowest BCUT2D eigenvalue weighted by atomic mass is 10.2. The summed E-state index contributed by atoms with van der Waals surface area (Å²) in [6.45, 7) is 2.48. The van der Waals surface area contributed by atoms with Gasteiger partial charge in [-0.2, -0.15) is 0 Å². The van der Waals surface area contributed by atoms with Crippen LogP contribution in [0.1, 0.15) is 28.3 Å². The molecule has 5 nitrogen and oxygen atoms in total. The fourth-order valence-corrected chi connectivity index (χ4v) is 3.02. The normalized spacial score (nSPS) is 11.9. The van der Waals surface area contributed by atoms with E-state index < -0.39 is 0 Å². The Balaban J connectivity index is 1.75. The van der Waals surface area contributed by atoms with Crippen molar-refractivity contribution in [2.24, 2.45) is 0 Å². The van der Waals surface area contributed by atoms with E-state index in [-0.39, 0.29) is 22.5 Å². The molecule has 2 heterocycles. The first-order valence-corrected chi connectivity index (χ1v) is 8.66. The molecule has 3 aromatic rings. The average molecular weight is 359 g/mol. The molecule has 24 heavy (non-hydrogen) atoms. The van der Waals surface area contributed by atoms with Gasteiger partial charge in [-0.15, -0.1) is 11.3 Å². The quantitative estimate of drug-likeness (QED) is 0.753. The molecule has 0 aliphatic carbocycles. The van der Waals surface area contributed by atoms with Gasteiger partial charge in [0.2, 0.25) is 0 Å². The number of rotatable bonds is 5. The Morgan fingerprint density at radius 1 is 1.29 bits per heavy atom. The molecule has 1 amide bonds. The van der Waals surface area contributed by atoms with Gasteiger partial charge < -0.3 is 5.32 Å². The maximum absolute atomic E-state index is 12.4. The molecule has 7 heteroatoms. The van der Waals surface area contributed by atoms with E-state index in [2.05, 4.69) is 20.3 Å². The summed E-state index contributed by atoms with van der Waals surface area (Å²) >= 11 is 7.66. The number of carbonyl (C=O) groups is 1. The zero-order valence-electron chi connectivity index (χ0n) is 12.9. The molecule has 1 N–H and O–H groups in total. The fourth-order valence-electron chi connectivity index (χ4n) is 2.15. The van der Waals surface area contributed by atoms with E-state index in [1.165, 1.54) is 6.20 Å². The Morgan fingerprint density at radius 3 is 2.79 bits per heavy atom. The second kappa shape index (κ2) is 7.51. The van der Waals surface area contributed by atoms with E-state index in [4.69, 9.17) is 11.6 Å². The van der Waals surface area contributed by atoms with Crippen molar-refractivity contribution in [3.8, 4) is 11.4 Å². The number of thiazole rings is 1. The first-order chi connectivity index (χ1) is 11.6. The van der Waals surface area contributed by atoms with Crippen molar-refractivity contribution < 1.29 is 4.79 Å². The highest BCUT2D eigenvalue weighted by Crippen LogP contribution is 2.20. The van der Waals surface area contributed by atoms with Gasteiger partial charge in [0.1, 0.15) is 0 Å². The third-order valence-corrected chi connectivity index (χ3v) is 4.72. The monoisotopic (exact) mass is 358 g/mol. The van der Waals surface area contributed by atoms with E-state index in [1.807, 2.05) is 42.6 Å². The molecule has 0 bridgehead atoms. The molecule has 1 unspecified atom stereocenters. The van der Waals surface area contributed by atoms with E-state index in [9.17, 15) is 4.79 Å². The molecule has 0 spiro atoms. The van der Waals surface area contributed by atoms with Crippen molar-refractivity contribution in [2.45, 2.75) is 12.8 Å². The molecule has 0 saturated heterocycles. The van der Waals surface area contributed by atoms with Crippen LogP contribution < -0.4 is 5.32 Å². The van der Waals surface area contributed by atoms with Crippen molar-refractivity contribution in [3.63, 3.8) is 0 Å². The molecule has 3 rings (SSSR count). The van der Waals surface area contributed by atoms with Gasteiger partial charge in [0, 0.05) is 29.6 Å². The molecule has 1 aromatic carbocycles. The second-order valence-electron chi connectivity index (χ2n) is 5.24. The molecule has 122 valence electrons. The highest BCUT2D eigenvalue weighted by Gasteiger charge is 2.16. The standard InChI is InChI=1S/C17H15ClN4OS/c1-11(17-19-7-8-24-17)9-21-16(23)14-13(18)10-20-15(22-14)12-5-3-2-4-6-12/h2-8,10-11H,9H2,1H3,(H,21,23). The third kappa shape index (κ3) is 3.77. The minimum absolute atomic E-state index is 0.128. The first kappa shape index (κ1) is 16.5. The van der Waals surface area contributed by atoms with Crippen LogP contribution in [-0.2, 0) is 0 Å². The summed E-state index contributed by atoms with van der Waals surface area (Å²) in [5.74, 6) is 0.282. The number of aromatic nitrogens is 3. The van der Waals surface area contributed by atoms with Crippen LogP contribution in [0, 0.1) is 0 Å². The lowest BCUT2D eigenvalue weighted by Gasteiger charge is -2.11. The Morgan fingerprint density at radius 2 is 2.08 bits per heavy atom. The molecule has 0 saturated carbocycles. The molecule has 0 aliphatic heterocycles. The summed E-state index contributed by atoms with van der Waals surface area (Å²) < 4.78 is 0. The largest absolute Gasteiger partial charge is 0.350 e. The van der Waals surface area contributed by atoms with Crippen LogP contribution in [-0.4, -0.2) is 27.4 Å². The lowest BCUT2D eigenvalue weighted by molar-refractivity contribution is 0.0947. The predicted octanol–water partition coefficient (Wildman–Crippen LogP) is 3.79. The van der Waals surface area contributed by atoms with Crippen LogP contribution in [0.25, 0.3) is 11.4 Å². The minimum atomic E-state index is -0.317. The summed E-state index contributed by atoms with van der Waals surface area (Å²) in [5, 5.41) is 5.99. The van der Waals surface area contributed by atoms with Crippen molar-refractivity contribution in [1.82, 2.24) is 20.3 Å². The fraction of sp³-hybridized carbons (Fsp3) is 0.176. The van der Waals surface area contributed by atoms with Crippen molar-refractivity contribution in [2.75, 3.05) is 6.54 Å². The number of hydrogen-bond donors (Lipinski definition) is 1. The van der Waals surface area contributed by atoms with E-state index >= 15 is 0 Å². The van der Waals surface area contributed by atoms with Crippen LogP contribution >= 0.6 is 22.9 Å². The lowest BCUT2D eigenvalue weighted by Crippen LogP contribution is -2.28. The maximum atomic E-state index is 12.4. The number of nitrogens with one attached hydrogen (secondary N) is 1. The maximum Gasteiger partial charge on any atom is 0.271 e. The zero-order valence-corrected chi connectivity index (χ0v) is 14.5. The van der Waals surface area contributed by atoms with Crippen LogP contribution in [0.2, 0.25) is 5.02 Å². The predicted molar refractivity (Wildman–Crippen MR) is 95.3 cm³/mol. The number of amides is 1. The number of carbonyl (C=O) groups excluding carboxylic acids is 1. The van der Waals surface area contributed by atoms with Crippen molar-refractivity contribution >= 4 is 28.8 Å². The summed E-state index contributed by atoms with van der Waals surface area (Å²) in [7, 11) is 0. The second-order valence-corrected chi connectivity index (χ2v) is 6.57. The Bertz CT molecular complexity index is 824. The van der Waals surface area contributed by atoms with E-state index in [0.29, 0.717) is 12.4 Å². The number of nitrogens with zero attached hydrogens (tertiary/aromatic N) is 3. The Hall–Kier alpha value is -2.31. The molecular weight excluding hydrogens is 344 g/mol. The number of hydrogen-bond acceptors (Lipinski definition) is 5. The van der Waals surface area contributed by atoms with Gasteiger partial charge in [-0.3, -0.25) is 4.79 Å². The van der Waals surface area contributed by atoms with Gasteiger partial charge in [-0.1, -0.05) is 48.9 Å². The number of benzene rings is 1. The van der Waals surface area contributed by atoms with Gasteiger partial charge in [-0.25, -0.2) is 15.0 Å². The van der Waals surface area contributed by atoms with Gasteiger partial charge in [0.25, 0.3) is 5.91 Å². The summed E-state index contributed by atoms with van der Waals surface area (Å²) in [6.07, 6.45) is 3.21. The van der Waals surface area contributed by atoms with Gasteiger partial charge in [-0.05, 0) is 0 Å². The molecule has 0 fully saturated rings. The molecule has 1 atom stereocenters. The smallest absolute Gasteiger partial charge is 0.271 e. The molecular formula is C17H15ClN4OS. The van der Waals surface area contributed by atoms with Crippen LogP contribution in [0.3, 0.4) is 0 Å². The minimum Gasteiger partial charge on any atom is -0.350 e. The first-order valence-electron chi connectivity index (χ1n) is 7.40.